The number of thioether (sulfide) groups is 1. The van der Waals surface area contributed by atoms with E-state index in [1.54, 1.807) is 79.7 Å². The summed E-state index contributed by atoms with van der Waals surface area (Å²) in [5.74, 6) is -0.279. The van der Waals surface area contributed by atoms with E-state index in [-0.39, 0.29) is 11.6 Å². The molecule has 49 heavy (non-hydrogen) atoms. The van der Waals surface area contributed by atoms with Crippen LogP contribution in [0.15, 0.2) is 119 Å². The van der Waals surface area contributed by atoms with Crippen molar-refractivity contribution in [1.29, 1.82) is 5.26 Å². The van der Waals surface area contributed by atoms with Gasteiger partial charge in [-0.15, -0.1) is 23.1 Å². The number of carbonyl (C=O) groups is 3. The first-order chi connectivity index (χ1) is 23.8. The fourth-order valence-electron chi connectivity index (χ4n) is 4.76. The summed E-state index contributed by atoms with van der Waals surface area (Å²) in [5, 5.41) is 20.2. The van der Waals surface area contributed by atoms with E-state index < -0.39 is 17.1 Å². The molecular formula is C38H32N4O5S2. The van der Waals surface area contributed by atoms with Crippen LogP contribution in [0, 0.1) is 11.3 Å². The number of thiophene rings is 1. The summed E-state index contributed by atoms with van der Waals surface area (Å²) in [6, 6.07) is 32.6. The van der Waals surface area contributed by atoms with E-state index in [9.17, 15) is 19.6 Å². The molecule has 0 fully saturated rings. The van der Waals surface area contributed by atoms with Crippen molar-refractivity contribution >= 4 is 57.6 Å². The van der Waals surface area contributed by atoms with Gasteiger partial charge in [0, 0.05) is 27.1 Å². The summed E-state index contributed by atoms with van der Waals surface area (Å²) < 4.78 is 10.7. The normalized spacial score (nSPS) is 11.5. The second kappa shape index (κ2) is 16.3. The summed E-state index contributed by atoms with van der Waals surface area (Å²) in [4.78, 5) is 40.6. The Morgan fingerprint density at radius 2 is 1.57 bits per heavy atom. The van der Waals surface area contributed by atoms with E-state index in [0.29, 0.717) is 38.9 Å². The molecule has 0 bridgehead atoms. The molecule has 0 saturated carbocycles. The number of nitrogens with one attached hydrogen (secondary N) is 3. The van der Waals surface area contributed by atoms with Crippen molar-refractivity contribution in [3.05, 3.63) is 131 Å². The molecule has 11 heteroatoms. The molecule has 9 nitrogen and oxygen atoms in total. The number of anilines is 2. The molecule has 0 aliphatic heterocycles. The zero-order valence-corrected chi connectivity index (χ0v) is 28.5. The lowest BCUT2D eigenvalue weighted by Gasteiger charge is -2.14. The maximum Gasteiger partial charge on any atom is 0.272 e. The summed E-state index contributed by atoms with van der Waals surface area (Å²) in [6.07, 6.45) is 1.55. The molecule has 246 valence electrons. The number of rotatable bonds is 12. The first-order valence-electron chi connectivity index (χ1n) is 15.1. The van der Waals surface area contributed by atoms with Gasteiger partial charge in [-0.2, -0.15) is 5.26 Å². The molecule has 0 aliphatic carbocycles. The summed E-state index contributed by atoms with van der Waals surface area (Å²) in [6.45, 7) is 1.77. The van der Waals surface area contributed by atoms with Crippen molar-refractivity contribution in [2.24, 2.45) is 0 Å². The molecule has 1 unspecified atom stereocenters. The van der Waals surface area contributed by atoms with Crippen molar-refractivity contribution < 1.29 is 23.9 Å². The van der Waals surface area contributed by atoms with Gasteiger partial charge in [-0.3, -0.25) is 14.4 Å². The predicted octanol–water partition coefficient (Wildman–Crippen LogP) is 7.83. The first-order valence-corrected chi connectivity index (χ1v) is 16.8. The standard InChI is InChI=1S/C38H32N4O5S2/c1-24(35(43)42-38-30(22-39)31(23-48-38)26-11-6-4-7-12-26)49-29-16-10-15-28(21-29)40-37(45)32(41-36(44)27-13-8-5-9-14-27)19-25-17-18-33(46-2)34(20-25)47-3/h4-21,23-24H,1-3H3,(H,40,45)(H,41,44)(H,42,43)/b32-19+. The predicted molar refractivity (Wildman–Crippen MR) is 195 cm³/mol. The zero-order chi connectivity index (χ0) is 34.8. The maximum atomic E-state index is 13.6. The average Bonchev–Trinajstić information content (AvgIpc) is 3.54. The molecule has 1 heterocycles. The number of nitriles is 1. The lowest BCUT2D eigenvalue weighted by Crippen LogP contribution is -2.30. The summed E-state index contributed by atoms with van der Waals surface area (Å²) >= 11 is 2.61. The second-order valence-electron chi connectivity index (χ2n) is 10.6. The van der Waals surface area contributed by atoms with Gasteiger partial charge in [-0.1, -0.05) is 60.7 Å². The molecule has 3 amide bonds. The molecule has 1 atom stereocenters. The van der Waals surface area contributed by atoms with E-state index in [1.807, 2.05) is 41.8 Å². The minimum absolute atomic E-state index is 0.00555. The molecule has 3 N–H and O–H groups in total. The first kappa shape index (κ1) is 34.5. The highest BCUT2D eigenvalue weighted by Crippen LogP contribution is 2.36. The van der Waals surface area contributed by atoms with Crippen LogP contribution >= 0.6 is 23.1 Å². The van der Waals surface area contributed by atoms with Gasteiger partial charge in [-0.25, -0.2) is 0 Å². The lowest BCUT2D eigenvalue weighted by atomic mass is 10.1. The maximum absolute atomic E-state index is 13.6. The van der Waals surface area contributed by atoms with E-state index in [4.69, 9.17) is 9.47 Å². The van der Waals surface area contributed by atoms with E-state index in [0.717, 1.165) is 16.0 Å². The van der Waals surface area contributed by atoms with Crippen LogP contribution < -0.4 is 25.4 Å². The Kier molecular flexibility index (Phi) is 11.5. The van der Waals surface area contributed by atoms with Crippen LogP contribution in [-0.2, 0) is 9.59 Å². The third kappa shape index (κ3) is 8.75. The van der Waals surface area contributed by atoms with E-state index in [2.05, 4.69) is 22.0 Å². The fourth-order valence-corrected chi connectivity index (χ4v) is 6.61. The van der Waals surface area contributed by atoms with E-state index >= 15 is 0 Å². The number of carbonyl (C=O) groups excluding carboxylic acids is 3. The minimum Gasteiger partial charge on any atom is -0.493 e. The third-order valence-electron chi connectivity index (χ3n) is 7.25. The SMILES string of the molecule is COc1ccc(/C=C(/NC(=O)c2ccccc2)C(=O)Nc2cccc(SC(C)C(=O)Nc3scc(-c4ccccc4)c3C#N)c2)cc1OC. The number of hydrogen-bond acceptors (Lipinski definition) is 8. The summed E-state index contributed by atoms with van der Waals surface area (Å²) in [7, 11) is 3.04. The molecule has 5 rings (SSSR count). The van der Waals surface area contributed by atoms with Crippen LogP contribution in [0.25, 0.3) is 17.2 Å². The number of methoxy groups -OCH3 is 2. The molecular weight excluding hydrogens is 657 g/mol. The van der Waals surface area contributed by atoms with Gasteiger partial charge in [0.05, 0.1) is 25.0 Å². The minimum atomic E-state index is -0.553. The van der Waals surface area contributed by atoms with Crippen molar-refractivity contribution in [2.45, 2.75) is 17.1 Å². The Bertz CT molecular complexity index is 2040. The molecule has 1 aromatic heterocycles. The molecule has 0 spiro atoms. The molecule has 0 radical (unpaired) electrons. The Labute approximate surface area is 292 Å². The van der Waals surface area contributed by atoms with Gasteiger partial charge >= 0.3 is 0 Å². The van der Waals surface area contributed by atoms with Gasteiger partial charge < -0.3 is 25.4 Å². The van der Waals surface area contributed by atoms with Crippen LogP contribution in [0.5, 0.6) is 11.5 Å². The average molecular weight is 689 g/mol. The van der Waals surface area contributed by atoms with Crippen molar-refractivity contribution in [3.8, 4) is 28.7 Å². The van der Waals surface area contributed by atoms with Crippen LogP contribution in [-0.4, -0.2) is 37.2 Å². The molecule has 5 aromatic rings. The second-order valence-corrected chi connectivity index (χ2v) is 12.8. The molecule has 0 saturated heterocycles. The Balaban J connectivity index is 1.31. The Morgan fingerprint density at radius 3 is 2.27 bits per heavy atom. The van der Waals surface area contributed by atoms with Gasteiger partial charge in [0.1, 0.15) is 16.8 Å². The lowest BCUT2D eigenvalue weighted by molar-refractivity contribution is -0.115. The monoisotopic (exact) mass is 688 g/mol. The smallest absolute Gasteiger partial charge is 0.272 e. The van der Waals surface area contributed by atoms with Crippen LogP contribution in [0.4, 0.5) is 10.7 Å². The van der Waals surface area contributed by atoms with E-state index in [1.165, 1.54) is 37.3 Å². The van der Waals surface area contributed by atoms with Crippen LogP contribution in [0.3, 0.4) is 0 Å². The van der Waals surface area contributed by atoms with Gasteiger partial charge in [0.2, 0.25) is 5.91 Å². The number of hydrogen-bond donors (Lipinski definition) is 3. The molecule has 0 aliphatic rings. The zero-order valence-electron chi connectivity index (χ0n) is 26.9. The highest BCUT2D eigenvalue weighted by Gasteiger charge is 2.21. The number of ether oxygens (including phenoxy) is 2. The molecule has 4 aromatic carbocycles. The van der Waals surface area contributed by atoms with Crippen molar-refractivity contribution in [3.63, 3.8) is 0 Å². The summed E-state index contributed by atoms with van der Waals surface area (Å²) in [5.41, 5.74) is 3.55. The van der Waals surface area contributed by atoms with Gasteiger partial charge in [0.25, 0.3) is 11.8 Å². The highest BCUT2D eigenvalue weighted by molar-refractivity contribution is 8.00. The largest absolute Gasteiger partial charge is 0.493 e. The third-order valence-corrected chi connectivity index (χ3v) is 9.23. The number of nitrogens with zero attached hydrogens (tertiary/aromatic N) is 1. The quantitative estimate of drug-likeness (QED) is 0.0900. The highest BCUT2D eigenvalue weighted by atomic mass is 32.2. The topological polar surface area (TPSA) is 130 Å². The number of amides is 3. The Hall–Kier alpha value is -5.83. The van der Waals surface area contributed by atoms with Crippen molar-refractivity contribution in [2.75, 3.05) is 24.9 Å². The van der Waals surface area contributed by atoms with Gasteiger partial charge in [0.15, 0.2) is 11.5 Å². The van der Waals surface area contributed by atoms with Crippen LogP contribution in [0.1, 0.15) is 28.4 Å². The van der Waals surface area contributed by atoms with Gasteiger partial charge in [-0.05, 0) is 66.6 Å². The fraction of sp³-hybridized carbons (Fsp3) is 0.105. The number of benzene rings is 4. The van der Waals surface area contributed by atoms with Crippen molar-refractivity contribution in [1.82, 2.24) is 5.32 Å². The Morgan fingerprint density at radius 1 is 0.857 bits per heavy atom. The van der Waals surface area contributed by atoms with Crippen LogP contribution in [0.2, 0.25) is 0 Å².